The fourth-order valence-corrected chi connectivity index (χ4v) is 2.87. The van der Waals surface area contributed by atoms with E-state index >= 15 is 0 Å². The van der Waals surface area contributed by atoms with Gasteiger partial charge >= 0.3 is 0 Å². The van der Waals surface area contributed by atoms with E-state index in [0.717, 1.165) is 18.8 Å². The summed E-state index contributed by atoms with van der Waals surface area (Å²) in [6.07, 6.45) is 13.2. The quantitative estimate of drug-likeness (QED) is 0.297. The lowest BCUT2D eigenvalue weighted by Crippen LogP contribution is -2.32. The Hall–Kier alpha value is -2.99. The van der Waals surface area contributed by atoms with Crippen molar-refractivity contribution in [3.63, 3.8) is 0 Å². The van der Waals surface area contributed by atoms with Gasteiger partial charge in [0.2, 0.25) is 5.69 Å². The van der Waals surface area contributed by atoms with Gasteiger partial charge in [0.1, 0.15) is 6.54 Å². The summed E-state index contributed by atoms with van der Waals surface area (Å²) in [7, 11) is 0. The molecule has 0 aliphatic heterocycles. The highest BCUT2D eigenvalue weighted by atomic mass is 14.9. The molecule has 0 unspecified atom stereocenters. The van der Waals surface area contributed by atoms with Gasteiger partial charge in [-0.1, -0.05) is 50.1 Å². The first-order valence-corrected chi connectivity index (χ1v) is 10.1. The predicted molar refractivity (Wildman–Crippen MR) is 114 cm³/mol. The van der Waals surface area contributed by atoms with Gasteiger partial charge in [-0.2, -0.15) is 0 Å². The highest BCUT2D eigenvalue weighted by Crippen LogP contribution is 2.06. The van der Waals surface area contributed by atoms with Gasteiger partial charge in [-0.05, 0) is 31.0 Å². The van der Waals surface area contributed by atoms with E-state index in [-0.39, 0.29) is 0 Å². The Bertz CT molecular complexity index is 849. The zero-order valence-corrected chi connectivity index (χ0v) is 17.1. The van der Waals surface area contributed by atoms with Crippen molar-refractivity contribution in [3.05, 3.63) is 102 Å². The summed E-state index contributed by atoms with van der Waals surface area (Å²) in [5.41, 5.74) is 3.36. The van der Waals surface area contributed by atoms with E-state index in [0.29, 0.717) is 0 Å². The molecule has 1 aromatic carbocycles. The largest absolute Gasteiger partial charge is 0.249 e. The second-order valence-corrected chi connectivity index (χ2v) is 7.01. The molecule has 3 nitrogen and oxygen atoms in total. The molecule has 3 heteroatoms. The van der Waals surface area contributed by atoms with Crippen molar-refractivity contribution in [2.75, 3.05) is 0 Å². The fraction of sp³-hybridized carbons (Fsp3) is 0.320. The van der Waals surface area contributed by atoms with Crippen molar-refractivity contribution < 1.29 is 9.13 Å². The zero-order valence-electron chi connectivity index (χ0n) is 17.1. The smallest absolute Gasteiger partial charge is 0.232 e. The van der Waals surface area contributed by atoms with E-state index < -0.39 is 0 Å². The van der Waals surface area contributed by atoms with E-state index in [4.69, 9.17) is 6.57 Å². The summed E-state index contributed by atoms with van der Waals surface area (Å²) in [4.78, 5) is 3.40. The van der Waals surface area contributed by atoms with Crippen LogP contribution in [-0.2, 0) is 13.1 Å². The second kappa shape index (κ2) is 12.4. The third-order valence-corrected chi connectivity index (χ3v) is 4.51. The molecule has 0 atom stereocenters. The zero-order chi connectivity index (χ0) is 20.0. The lowest BCUT2D eigenvalue weighted by atomic mass is 10.2. The third kappa shape index (κ3) is 8.14. The molecular formula is C25H31N3+2. The molecule has 3 rings (SSSR count). The van der Waals surface area contributed by atoms with Crippen LogP contribution < -0.4 is 9.13 Å². The van der Waals surface area contributed by atoms with Crippen LogP contribution in [0.5, 0.6) is 0 Å². The molecule has 0 radical (unpaired) electrons. The number of pyridine rings is 2. The normalized spacial score (nSPS) is 9.89. The first-order valence-electron chi connectivity index (χ1n) is 10.1. The molecular weight excluding hydrogens is 342 g/mol. The van der Waals surface area contributed by atoms with Crippen LogP contribution in [0.15, 0.2) is 79.4 Å². The van der Waals surface area contributed by atoms with Gasteiger partial charge in [-0.15, -0.1) is 0 Å². The van der Waals surface area contributed by atoms with Crippen LogP contribution >= 0.6 is 0 Å². The molecule has 0 aliphatic rings. The number of aromatic nitrogens is 2. The summed E-state index contributed by atoms with van der Waals surface area (Å²) in [5, 5.41) is 0. The van der Waals surface area contributed by atoms with Crippen LogP contribution in [-0.4, -0.2) is 0 Å². The Morgan fingerprint density at radius 2 is 1.57 bits per heavy atom. The van der Waals surface area contributed by atoms with Gasteiger partial charge in [0.15, 0.2) is 31.3 Å². The Morgan fingerprint density at radius 3 is 2.25 bits per heavy atom. The number of hydrogen-bond acceptors (Lipinski definition) is 0. The average Bonchev–Trinajstić information content (AvgIpc) is 2.74. The number of aryl methyl sites for hydroxylation is 2. The first kappa shape index (κ1) is 21.3. The molecule has 0 aliphatic carbocycles. The molecule has 0 amide bonds. The minimum absolute atomic E-state index is 0.725. The summed E-state index contributed by atoms with van der Waals surface area (Å²) in [5.74, 6) is 0. The number of unbranched alkanes of at least 4 members (excludes halogenated alkanes) is 3. The van der Waals surface area contributed by atoms with E-state index in [1.165, 1.54) is 36.8 Å². The molecule has 144 valence electrons. The molecule has 0 spiro atoms. The van der Waals surface area contributed by atoms with Crippen LogP contribution in [0.25, 0.3) is 4.85 Å². The molecule has 3 aromatic rings. The van der Waals surface area contributed by atoms with E-state index in [2.05, 4.69) is 76.6 Å². The van der Waals surface area contributed by atoms with E-state index in [1.807, 2.05) is 30.6 Å². The number of hydrogen-bond donors (Lipinski definition) is 0. The molecule has 0 bridgehead atoms. The molecule has 2 aromatic heterocycles. The highest BCUT2D eigenvalue weighted by Gasteiger charge is 2.01. The van der Waals surface area contributed by atoms with Gasteiger partial charge < -0.3 is 0 Å². The van der Waals surface area contributed by atoms with Crippen molar-refractivity contribution in [2.24, 2.45) is 0 Å². The van der Waals surface area contributed by atoms with Gasteiger partial charge in [0.05, 0.1) is 6.57 Å². The Balaban J connectivity index is 0.000000200. The van der Waals surface area contributed by atoms with E-state index in [1.54, 1.807) is 0 Å². The Morgan fingerprint density at radius 1 is 0.821 bits per heavy atom. The predicted octanol–water partition coefficient (Wildman–Crippen LogP) is 5.44. The topological polar surface area (TPSA) is 12.1 Å². The standard InChI is InChI=1S/C13H14N.C12H17N2/c1-12-7-9-14(10-8-12)11-13-5-3-2-4-6-13;1-3-4-5-6-9-14-10-7-8-12(11-14)13-2/h2-10H,11H2,1H3;7-8,10-11H,3-6,9H2,1H3/q2*+1. The molecule has 2 heterocycles. The summed E-state index contributed by atoms with van der Waals surface area (Å²) < 4.78 is 4.28. The van der Waals surface area contributed by atoms with Crippen LogP contribution in [0.2, 0.25) is 0 Å². The van der Waals surface area contributed by atoms with Crippen molar-refractivity contribution in [3.8, 4) is 0 Å². The van der Waals surface area contributed by atoms with Crippen molar-refractivity contribution in [1.82, 2.24) is 0 Å². The molecule has 0 N–H and O–H groups in total. The second-order valence-electron chi connectivity index (χ2n) is 7.01. The number of nitrogens with zero attached hydrogens (tertiary/aromatic N) is 3. The van der Waals surface area contributed by atoms with Crippen molar-refractivity contribution in [2.45, 2.75) is 52.6 Å². The minimum Gasteiger partial charge on any atom is -0.232 e. The van der Waals surface area contributed by atoms with Crippen LogP contribution in [0.4, 0.5) is 5.69 Å². The Kier molecular flexibility index (Phi) is 9.44. The molecule has 0 saturated heterocycles. The highest BCUT2D eigenvalue weighted by molar-refractivity contribution is 5.38. The van der Waals surface area contributed by atoms with Gasteiger partial charge in [0.25, 0.3) is 0 Å². The monoisotopic (exact) mass is 373 g/mol. The van der Waals surface area contributed by atoms with E-state index in [9.17, 15) is 0 Å². The summed E-state index contributed by atoms with van der Waals surface area (Å²) in [6.45, 7) is 13.2. The molecule has 0 saturated carbocycles. The maximum Gasteiger partial charge on any atom is 0.249 e. The number of benzene rings is 1. The lowest BCUT2D eigenvalue weighted by Gasteiger charge is -1.97. The SMILES string of the molecule is Cc1cc[n+](Cc2ccccc2)cc1.[C-]#[N+]c1ccc[n+](CCCCCC)c1. The molecule has 28 heavy (non-hydrogen) atoms. The molecule has 0 fully saturated rings. The van der Waals surface area contributed by atoms with Gasteiger partial charge in [0, 0.05) is 24.1 Å². The van der Waals surface area contributed by atoms with Gasteiger partial charge in [-0.3, -0.25) is 0 Å². The van der Waals surface area contributed by atoms with Gasteiger partial charge in [-0.25, -0.2) is 14.0 Å². The number of rotatable bonds is 7. The average molecular weight is 374 g/mol. The fourth-order valence-electron chi connectivity index (χ4n) is 2.87. The maximum atomic E-state index is 6.90. The maximum absolute atomic E-state index is 6.90. The minimum atomic E-state index is 0.725. The van der Waals surface area contributed by atoms with Crippen LogP contribution in [0, 0.1) is 13.5 Å². The third-order valence-electron chi connectivity index (χ3n) is 4.51. The summed E-state index contributed by atoms with van der Waals surface area (Å²) in [6, 6.07) is 18.5. The lowest BCUT2D eigenvalue weighted by molar-refractivity contribution is -0.696. The first-order chi connectivity index (χ1) is 13.7. The van der Waals surface area contributed by atoms with Crippen molar-refractivity contribution >= 4 is 5.69 Å². The van der Waals surface area contributed by atoms with Crippen LogP contribution in [0.1, 0.15) is 43.7 Å². The van der Waals surface area contributed by atoms with Crippen LogP contribution in [0.3, 0.4) is 0 Å². The summed E-state index contributed by atoms with van der Waals surface area (Å²) >= 11 is 0. The van der Waals surface area contributed by atoms with Crippen molar-refractivity contribution in [1.29, 1.82) is 0 Å². The Labute approximate surface area is 169 Å².